The Morgan fingerprint density at radius 1 is 1.17 bits per heavy atom. The van der Waals surface area contributed by atoms with Crippen LogP contribution in [0.15, 0.2) is 18.5 Å². The van der Waals surface area contributed by atoms with E-state index in [0.29, 0.717) is 29.2 Å². The third kappa shape index (κ3) is 4.62. The van der Waals surface area contributed by atoms with Crippen LogP contribution in [0.3, 0.4) is 0 Å². The summed E-state index contributed by atoms with van der Waals surface area (Å²) in [5.41, 5.74) is 0.769. The number of aromatic nitrogens is 4. The first-order valence-electron chi connectivity index (χ1n) is 9.80. The van der Waals surface area contributed by atoms with Gasteiger partial charge in [-0.2, -0.15) is 0 Å². The van der Waals surface area contributed by atoms with Crippen LogP contribution in [0.2, 0.25) is 5.15 Å². The van der Waals surface area contributed by atoms with Gasteiger partial charge in [0.05, 0.1) is 30.2 Å². The van der Waals surface area contributed by atoms with E-state index in [1.165, 1.54) is 0 Å². The Balaban J connectivity index is 2.02. The van der Waals surface area contributed by atoms with E-state index < -0.39 is 23.9 Å². The molecule has 0 N–H and O–H groups in total. The van der Waals surface area contributed by atoms with Crippen LogP contribution in [0.25, 0.3) is 11.2 Å². The minimum absolute atomic E-state index is 0.250. The maximum atomic E-state index is 15.8. The molecule has 0 radical (unpaired) electrons. The highest BCUT2D eigenvalue weighted by atomic mass is 35.5. The van der Waals surface area contributed by atoms with Gasteiger partial charge in [0, 0.05) is 5.92 Å². The average Bonchev–Trinajstić information content (AvgIpc) is 3.04. The third-order valence-corrected chi connectivity index (χ3v) is 5.11. The highest BCUT2D eigenvalue weighted by Crippen LogP contribution is 2.45. The van der Waals surface area contributed by atoms with Gasteiger partial charge in [-0.15, -0.1) is 0 Å². The molecule has 1 aliphatic rings. The summed E-state index contributed by atoms with van der Waals surface area (Å²) >= 11 is 6.21. The number of hydrogen-bond donors (Lipinski definition) is 0. The normalized spacial score (nSPS) is 25.9. The second-order valence-corrected chi connectivity index (χ2v) is 9.93. The van der Waals surface area contributed by atoms with Crippen LogP contribution >= 0.6 is 11.6 Å². The first-order valence-corrected chi connectivity index (χ1v) is 10.2. The number of nitrogens with zero attached hydrogens (tertiary/aromatic N) is 4. The zero-order valence-electron chi connectivity index (χ0n) is 18.2. The van der Waals surface area contributed by atoms with E-state index in [9.17, 15) is 0 Å². The van der Waals surface area contributed by atoms with Crippen LogP contribution in [0.5, 0.6) is 0 Å². The van der Waals surface area contributed by atoms with Crippen molar-refractivity contribution in [3.63, 3.8) is 0 Å². The Hall–Kier alpha value is -1.57. The minimum atomic E-state index is -1.33. The van der Waals surface area contributed by atoms with Crippen molar-refractivity contribution in [2.24, 2.45) is 5.92 Å². The minimum Gasteiger partial charge on any atom is -0.375 e. The maximum absolute atomic E-state index is 15.8. The highest BCUT2D eigenvalue weighted by Gasteiger charge is 2.50. The topological polar surface area (TPSA) is 62.1 Å². The van der Waals surface area contributed by atoms with Gasteiger partial charge in [0.15, 0.2) is 17.0 Å². The molecular formula is C21H30ClFN4O2. The van der Waals surface area contributed by atoms with E-state index in [4.69, 9.17) is 21.1 Å². The first-order chi connectivity index (χ1) is 13.3. The molecule has 3 rings (SSSR count). The quantitative estimate of drug-likeness (QED) is 0.518. The molecule has 29 heavy (non-hydrogen) atoms. The van der Waals surface area contributed by atoms with Gasteiger partial charge >= 0.3 is 0 Å². The maximum Gasteiger partial charge on any atom is 0.165 e. The van der Waals surface area contributed by atoms with Crippen molar-refractivity contribution in [3.05, 3.63) is 29.5 Å². The van der Waals surface area contributed by atoms with Crippen molar-refractivity contribution in [2.75, 3.05) is 6.61 Å². The summed E-state index contributed by atoms with van der Waals surface area (Å²) in [6.07, 6.45) is -0.471. The summed E-state index contributed by atoms with van der Waals surface area (Å²) in [4.78, 5) is 12.9. The Labute approximate surface area is 176 Å². The summed E-state index contributed by atoms with van der Waals surface area (Å²) in [6, 6.07) is -0.675. The molecule has 2 heterocycles. The van der Waals surface area contributed by atoms with Gasteiger partial charge in [-0.05, 0) is 54.0 Å². The molecule has 2 aromatic heterocycles. The van der Waals surface area contributed by atoms with Crippen molar-refractivity contribution in [1.29, 1.82) is 0 Å². The molecule has 0 unspecified atom stereocenters. The average molecular weight is 425 g/mol. The number of ether oxygens (including phenoxy) is 2. The summed E-state index contributed by atoms with van der Waals surface area (Å²) in [5.74, 6) is 0.197. The molecule has 8 heteroatoms. The third-order valence-electron chi connectivity index (χ3n) is 4.84. The Morgan fingerprint density at radius 2 is 1.83 bits per heavy atom. The van der Waals surface area contributed by atoms with E-state index >= 15 is 4.39 Å². The van der Waals surface area contributed by atoms with Crippen molar-refractivity contribution in [2.45, 2.75) is 78.0 Å². The standard InChI is InChI=1S/C21H30ClFN4O2/c1-11-13(9-28-20(3,4)5)17(29-21(6,7)8)14(23)16(11)27-10-24-15-18(22)25-12(2)26-19(15)27/h10,13-14,16-17H,1,9H2,2-8H3/t13-,14+,16+,17+/m0/s1. The largest absolute Gasteiger partial charge is 0.375 e. The Bertz CT molecular complexity index is 916. The van der Waals surface area contributed by atoms with Crippen LogP contribution in [0.4, 0.5) is 4.39 Å². The van der Waals surface area contributed by atoms with E-state index in [0.717, 1.165) is 0 Å². The van der Waals surface area contributed by atoms with Crippen molar-refractivity contribution >= 4 is 22.8 Å². The second-order valence-electron chi connectivity index (χ2n) is 9.57. The first kappa shape index (κ1) is 22.1. The lowest BCUT2D eigenvalue weighted by atomic mass is 10.0. The molecule has 1 fully saturated rings. The lowest BCUT2D eigenvalue weighted by molar-refractivity contribution is -0.118. The zero-order chi connectivity index (χ0) is 21.7. The number of fused-ring (bicyclic) bond motifs is 1. The number of alkyl halides is 1. The van der Waals surface area contributed by atoms with Crippen molar-refractivity contribution in [3.8, 4) is 0 Å². The summed E-state index contributed by atoms with van der Waals surface area (Å²) < 4.78 is 29.7. The van der Waals surface area contributed by atoms with Crippen molar-refractivity contribution in [1.82, 2.24) is 19.5 Å². The highest BCUT2D eigenvalue weighted by molar-refractivity contribution is 6.33. The van der Waals surface area contributed by atoms with Gasteiger partial charge in [0.25, 0.3) is 0 Å². The Kier molecular flexibility index (Phi) is 5.80. The molecule has 0 bridgehead atoms. The molecule has 0 aromatic carbocycles. The SMILES string of the molecule is C=C1[C@@H](n2cnc3c(Cl)nc(C)nc32)[C@@H](F)[C@H](OC(C)(C)C)[C@H]1COC(C)(C)C. The summed E-state index contributed by atoms with van der Waals surface area (Å²) in [6.45, 7) is 18.0. The fourth-order valence-electron chi connectivity index (χ4n) is 3.65. The lowest BCUT2D eigenvalue weighted by Crippen LogP contribution is -2.38. The molecule has 0 aliphatic heterocycles. The van der Waals surface area contributed by atoms with E-state index in [1.807, 2.05) is 41.5 Å². The predicted molar refractivity (Wildman–Crippen MR) is 112 cm³/mol. The van der Waals surface area contributed by atoms with Gasteiger partial charge in [-0.25, -0.2) is 19.3 Å². The Morgan fingerprint density at radius 3 is 2.41 bits per heavy atom. The smallest absolute Gasteiger partial charge is 0.165 e. The fourth-order valence-corrected chi connectivity index (χ4v) is 3.91. The van der Waals surface area contributed by atoms with Gasteiger partial charge in [0.1, 0.15) is 17.4 Å². The van der Waals surface area contributed by atoms with Crippen LogP contribution in [-0.4, -0.2) is 49.6 Å². The fraction of sp³-hybridized carbons (Fsp3) is 0.667. The second kappa shape index (κ2) is 7.60. The molecule has 0 spiro atoms. The molecule has 0 saturated heterocycles. The molecule has 160 valence electrons. The number of imidazole rings is 1. The molecule has 4 atom stereocenters. The van der Waals surface area contributed by atoms with Crippen LogP contribution in [0, 0.1) is 12.8 Å². The van der Waals surface area contributed by atoms with Gasteiger partial charge < -0.3 is 14.0 Å². The molecular weight excluding hydrogens is 395 g/mol. The van der Waals surface area contributed by atoms with Crippen LogP contribution < -0.4 is 0 Å². The van der Waals surface area contributed by atoms with E-state index in [1.54, 1.807) is 17.8 Å². The van der Waals surface area contributed by atoms with Gasteiger partial charge in [0.2, 0.25) is 0 Å². The van der Waals surface area contributed by atoms with E-state index in [2.05, 4.69) is 21.5 Å². The van der Waals surface area contributed by atoms with Crippen molar-refractivity contribution < 1.29 is 13.9 Å². The van der Waals surface area contributed by atoms with Crippen LogP contribution in [-0.2, 0) is 9.47 Å². The lowest BCUT2D eigenvalue weighted by Gasteiger charge is -2.31. The zero-order valence-corrected chi connectivity index (χ0v) is 18.9. The molecule has 1 saturated carbocycles. The number of rotatable bonds is 4. The predicted octanol–water partition coefficient (Wildman–Crippen LogP) is 4.85. The monoisotopic (exact) mass is 424 g/mol. The molecule has 0 amide bonds. The molecule has 1 aliphatic carbocycles. The molecule has 6 nitrogen and oxygen atoms in total. The van der Waals surface area contributed by atoms with Gasteiger partial charge in [-0.3, -0.25) is 0 Å². The van der Waals surface area contributed by atoms with Gasteiger partial charge in [-0.1, -0.05) is 18.2 Å². The van der Waals surface area contributed by atoms with Crippen LogP contribution in [0.1, 0.15) is 53.4 Å². The summed E-state index contributed by atoms with van der Waals surface area (Å²) in [7, 11) is 0. The number of halogens is 2. The molecule has 2 aromatic rings. The number of aryl methyl sites for hydroxylation is 1. The van der Waals surface area contributed by atoms with E-state index in [-0.39, 0.29) is 16.7 Å². The summed E-state index contributed by atoms with van der Waals surface area (Å²) in [5, 5.41) is 0.250. The number of hydrogen-bond acceptors (Lipinski definition) is 5.